The molecule has 0 aliphatic carbocycles. The van der Waals surface area contributed by atoms with E-state index in [1.165, 1.54) is 0 Å². The van der Waals surface area contributed by atoms with E-state index in [0.717, 1.165) is 16.7 Å². The lowest BCUT2D eigenvalue weighted by Crippen LogP contribution is -2.39. The molecule has 0 fully saturated rings. The van der Waals surface area contributed by atoms with Crippen LogP contribution in [0.2, 0.25) is 0 Å². The van der Waals surface area contributed by atoms with E-state index in [4.69, 9.17) is 4.74 Å². The van der Waals surface area contributed by atoms with Crippen molar-refractivity contribution >= 4 is 17.3 Å². The lowest BCUT2D eigenvalue weighted by molar-refractivity contribution is -0.140. The Kier molecular flexibility index (Phi) is 8.27. The Bertz CT molecular complexity index is 809. The predicted octanol–water partition coefficient (Wildman–Crippen LogP) is 3.74. The van der Waals surface area contributed by atoms with Gasteiger partial charge in [-0.1, -0.05) is 12.1 Å². The van der Waals surface area contributed by atoms with Gasteiger partial charge in [0.05, 0.1) is 18.8 Å². The summed E-state index contributed by atoms with van der Waals surface area (Å²) >= 11 is 0.907. The molecule has 0 radical (unpaired) electrons. The molecule has 0 saturated heterocycles. The summed E-state index contributed by atoms with van der Waals surface area (Å²) in [5.74, 6) is 1.05. The number of nitrogens with one attached hydrogen (secondary N) is 2. The zero-order chi connectivity index (χ0) is 21.4. The lowest BCUT2D eigenvalue weighted by Gasteiger charge is -2.17. The van der Waals surface area contributed by atoms with Gasteiger partial charge in [0.1, 0.15) is 10.8 Å². The second-order valence-electron chi connectivity index (χ2n) is 6.46. The molecular formula is C19H25F3N4O2S. The smallest absolute Gasteiger partial charge is 0.434 e. The van der Waals surface area contributed by atoms with E-state index in [1.807, 2.05) is 26.8 Å². The minimum Gasteiger partial charge on any atom is -0.491 e. The number of nitrogens with zero attached hydrogens (tertiary/aromatic N) is 2. The lowest BCUT2D eigenvalue weighted by atomic mass is 10.1. The fourth-order valence-electron chi connectivity index (χ4n) is 2.38. The molecule has 3 N–H and O–H groups in total. The first-order valence-electron chi connectivity index (χ1n) is 9.17. The van der Waals surface area contributed by atoms with E-state index in [0.29, 0.717) is 23.8 Å². The van der Waals surface area contributed by atoms with Crippen LogP contribution >= 0.6 is 11.3 Å². The Morgan fingerprint density at radius 2 is 2.07 bits per heavy atom. The van der Waals surface area contributed by atoms with Gasteiger partial charge in [-0.25, -0.2) is 9.98 Å². The molecule has 1 unspecified atom stereocenters. The van der Waals surface area contributed by atoms with Gasteiger partial charge in [0.25, 0.3) is 0 Å². The van der Waals surface area contributed by atoms with Gasteiger partial charge in [0.15, 0.2) is 11.7 Å². The highest BCUT2D eigenvalue weighted by Gasteiger charge is 2.33. The van der Waals surface area contributed by atoms with Gasteiger partial charge in [-0.15, -0.1) is 11.3 Å². The molecule has 0 aliphatic heterocycles. The number of guanidine groups is 1. The number of aliphatic imine (C=N–C) groups is 1. The van der Waals surface area contributed by atoms with Crippen LogP contribution in [0.5, 0.6) is 5.75 Å². The van der Waals surface area contributed by atoms with E-state index in [1.54, 1.807) is 18.2 Å². The van der Waals surface area contributed by atoms with Crippen LogP contribution in [0.1, 0.15) is 43.1 Å². The van der Waals surface area contributed by atoms with E-state index in [2.05, 4.69) is 20.6 Å². The Balaban J connectivity index is 1.97. The van der Waals surface area contributed by atoms with Crippen molar-refractivity contribution in [3.8, 4) is 5.75 Å². The summed E-state index contributed by atoms with van der Waals surface area (Å²) in [6.07, 6.45) is -5.25. The number of rotatable bonds is 8. The molecule has 0 aliphatic rings. The fourth-order valence-corrected chi connectivity index (χ4v) is 3.10. The quantitative estimate of drug-likeness (QED) is 0.439. The first-order chi connectivity index (χ1) is 13.7. The molecule has 160 valence electrons. The fraction of sp³-hybridized carbons (Fsp3) is 0.474. The number of hydrogen-bond donors (Lipinski definition) is 3. The first kappa shape index (κ1) is 23.0. The second kappa shape index (κ2) is 10.4. The molecule has 0 bridgehead atoms. The maximum absolute atomic E-state index is 12.6. The van der Waals surface area contributed by atoms with Crippen LogP contribution in [0, 0.1) is 0 Å². The van der Waals surface area contributed by atoms with Crippen molar-refractivity contribution in [1.29, 1.82) is 0 Å². The highest BCUT2D eigenvalue weighted by Crippen LogP contribution is 2.30. The van der Waals surface area contributed by atoms with E-state index in [-0.39, 0.29) is 24.2 Å². The Labute approximate surface area is 171 Å². The van der Waals surface area contributed by atoms with Gasteiger partial charge in [-0.3, -0.25) is 0 Å². The highest BCUT2D eigenvalue weighted by molar-refractivity contribution is 7.09. The highest BCUT2D eigenvalue weighted by atomic mass is 32.1. The number of aliphatic hydroxyl groups is 1. The molecule has 6 nitrogen and oxygen atoms in total. The normalized spacial score (nSPS) is 13.4. The van der Waals surface area contributed by atoms with Gasteiger partial charge in [0.2, 0.25) is 0 Å². The van der Waals surface area contributed by atoms with Crippen LogP contribution < -0.4 is 15.4 Å². The number of ether oxygens (including phenoxy) is 1. The number of thiazole rings is 1. The van der Waals surface area contributed by atoms with Crippen molar-refractivity contribution in [3.63, 3.8) is 0 Å². The molecule has 10 heteroatoms. The maximum Gasteiger partial charge on any atom is 0.434 e. The van der Waals surface area contributed by atoms with Crippen molar-refractivity contribution in [2.24, 2.45) is 4.99 Å². The average Bonchev–Trinajstić information content (AvgIpc) is 3.13. The largest absolute Gasteiger partial charge is 0.491 e. The number of benzene rings is 1. The van der Waals surface area contributed by atoms with E-state index in [9.17, 15) is 18.3 Å². The van der Waals surface area contributed by atoms with Crippen LogP contribution in [0.4, 0.5) is 13.2 Å². The minimum atomic E-state index is -4.46. The van der Waals surface area contributed by atoms with Crippen molar-refractivity contribution < 1.29 is 23.0 Å². The van der Waals surface area contributed by atoms with Crippen molar-refractivity contribution in [3.05, 3.63) is 45.9 Å². The summed E-state index contributed by atoms with van der Waals surface area (Å²) in [4.78, 5) is 7.80. The number of halogens is 3. The number of aromatic nitrogens is 1. The molecular weight excluding hydrogens is 405 g/mol. The van der Waals surface area contributed by atoms with Crippen LogP contribution in [0.25, 0.3) is 0 Å². The third kappa shape index (κ3) is 7.54. The standard InChI is InChI=1S/C19H25F3N4O2S/c1-4-23-18(25-10-17-26-16(11-29-17)19(20,21)22)24-9-15(27)13-6-5-7-14(8-13)28-12(2)3/h5-8,11-12,15,27H,4,9-10H2,1-3H3,(H2,23,24,25). The van der Waals surface area contributed by atoms with Crippen LogP contribution in [-0.2, 0) is 12.7 Å². The summed E-state index contributed by atoms with van der Waals surface area (Å²) in [5, 5.41) is 17.7. The predicted molar refractivity (Wildman–Crippen MR) is 107 cm³/mol. The average molecular weight is 430 g/mol. The van der Waals surface area contributed by atoms with E-state index < -0.39 is 18.0 Å². The molecule has 2 rings (SSSR count). The molecule has 1 atom stereocenters. The van der Waals surface area contributed by atoms with Gasteiger partial charge >= 0.3 is 6.18 Å². The minimum absolute atomic E-state index is 0.00386. The number of aliphatic hydroxyl groups excluding tert-OH is 1. The van der Waals surface area contributed by atoms with Crippen LogP contribution in [-0.4, -0.2) is 35.2 Å². The first-order valence-corrected chi connectivity index (χ1v) is 10.1. The maximum atomic E-state index is 12.6. The summed E-state index contributed by atoms with van der Waals surface area (Å²) in [7, 11) is 0. The van der Waals surface area contributed by atoms with Gasteiger partial charge in [-0.2, -0.15) is 13.2 Å². The van der Waals surface area contributed by atoms with Gasteiger partial charge in [-0.05, 0) is 38.5 Å². The molecule has 2 aromatic rings. The summed E-state index contributed by atoms with van der Waals surface area (Å²) in [6, 6.07) is 7.18. The molecule has 0 amide bonds. The second-order valence-corrected chi connectivity index (χ2v) is 7.40. The SMILES string of the molecule is CCNC(=NCc1nc(C(F)(F)F)cs1)NCC(O)c1cccc(OC(C)C)c1. The van der Waals surface area contributed by atoms with E-state index >= 15 is 0 Å². The molecule has 1 aromatic heterocycles. The third-order valence-corrected chi connectivity index (χ3v) is 4.47. The van der Waals surface area contributed by atoms with Crippen molar-refractivity contribution in [2.75, 3.05) is 13.1 Å². The van der Waals surface area contributed by atoms with Crippen LogP contribution in [0.15, 0.2) is 34.6 Å². The zero-order valence-electron chi connectivity index (χ0n) is 16.5. The summed E-state index contributed by atoms with van der Waals surface area (Å²) in [5.41, 5.74) is -0.231. The Morgan fingerprint density at radius 3 is 2.69 bits per heavy atom. The number of hydrogen-bond acceptors (Lipinski definition) is 5. The van der Waals surface area contributed by atoms with Gasteiger partial charge in [0, 0.05) is 18.5 Å². The molecule has 29 heavy (non-hydrogen) atoms. The topological polar surface area (TPSA) is 78.8 Å². The molecule has 1 aromatic carbocycles. The summed E-state index contributed by atoms with van der Waals surface area (Å²) in [6.45, 7) is 6.44. The number of alkyl halides is 3. The monoisotopic (exact) mass is 430 g/mol. The molecule has 0 spiro atoms. The van der Waals surface area contributed by atoms with Crippen molar-refractivity contribution in [1.82, 2.24) is 15.6 Å². The Hall–Kier alpha value is -2.33. The molecule has 1 heterocycles. The van der Waals surface area contributed by atoms with Crippen molar-refractivity contribution in [2.45, 2.75) is 45.7 Å². The zero-order valence-corrected chi connectivity index (χ0v) is 17.3. The third-order valence-electron chi connectivity index (χ3n) is 3.64. The van der Waals surface area contributed by atoms with Crippen LogP contribution in [0.3, 0.4) is 0 Å². The summed E-state index contributed by atoms with van der Waals surface area (Å²) < 4.78 is 43.5. The Morgan fingerprint density at radius 1 is 1.31 bits per heavy atom. The molecule has 0 saturated carbocycles. The van der Waals surface area contributed by atoms with Gasteiger partial charge < -0.3 is 20.5 Å².